The number of halogens is 2. The van der Waals surface area contributed by atoms with E-state index in [1.54, 1.807) is 6.92 Å². The Bertz CT molecular complexity index is 840. The maximum atomic E-state index is 12.9. The van der Waals surface area contributed by atoms with E-state index >= 15 is 0 Å². The van der Waals surface area contributed by atoms with Gasteiger partial charge in [-0.1, -0.05) is 23.7 Å². The SMILES string of the molecule is C[C@@H](NS(=O)(=O)c1ccc(Cl)c([N+](=O)[O-])c1)c1ccc(F)cc1. The van der Waals surface area contributed by atoms with Crippen molar-refractivity contribution in [2.24, 2.45) is 0 Å². The van der Waals surface area contributed by atoms with Crippen LogP contribution in [-0.4, -0.2) is 13.3 Å². The molecule has 0 bridgehead atoms. The van der Waals surface area contributed by atoms with Gasteiger partial charge in [0, 0.05) is 12.1 Å². The third-order valence-electron chi connectivity index (χ3n) is 3.13. The monoisotopic (exact) mass is 358 g/mol. The van der Waals surface area contributed by atoms with Gasteiger partial charge < -0.3 is 0 Å². The molecule has 0 spiro atoms. The zero-order chi connectivity index (χ0) is 17.2. The molecule has 0 aliphatic carbocycles. The predicted molar refractivity (Wildman–Crippen MR) is 83.2 cm³/mol. The molecule has 1 atom stereocenters. The molecule has 122 valence electrons. The maximum absolute atomic E-state index is 12.9. The summed E-state index contributed by atoms with van der Waals surface area (Å²) in [4.78, 5) is 9.81. The highest BCUT2D eigenvalue weighted by molar-refractivity contribution is 7.89. The van der Waals surface area contributed by atoms with E-state index in [1.807, 2.05) is 0 Å². The van der Waals surface area contributed by atoms with Gasteiger partial charge in [0.05, 0.1) is 9.82 Å². The number of nitro groups is 1. The molecule has 0 aliphatic rings. The van der Waals surface area contributed by atoms with Crippen LogP contribution in [0.1, 0.15) is 18.5 Å². The molecule has 0 fully saturated rings. The van der Waals surface area contributed by atoms with Gasteiger partial charge in [-0.3, -0.25) is 10.1 Å². The summed E-state index contributed by atoms with van der Waals surface area (Å²) in [7, 11) is -4.00. The molecule has 0 aromatic heterocycles. The summed E-state index contributed by atoms with van der Waals surface area (Å²) in [6.07, 6.45) is 0. The van der Waals surface area contributed by atoms with Gasteiger partial charge in [-0.25, -0.2) is 17.5 Å². The molecule has 2 aromatic carbocycles. The van der Waals surface area contributed by atoms with Crippen molar-refractivity contribution in [2.75, 3.05) is 0 Å². The van der Waals surface area contributed by atoms with Gasteiger partial charge in [-0.15, -0.1) is 0 Å². The first-order chi connectivity index (χ1) is 10.7. The summed E-state index contributed by atoms with van der Waals surface area (Å²) < 4.78 is 39.9. The van der Waals surface area contributed by atoms with Crippen LogP contribution in [0.4, 0.5) is 10.1 Å². The van der Waals surface area contributed by atoms with Gasteiger partial charge in [0.1, 0.15) is 10.8 Å². The van der Waals surface area contributed by atoms with Gasteiger partial charge in [-0.05, 0) is 36.8 Å². The quantitative estimate of drug-likeness (QED) is 0.655. The van der Waals surface area contributed by atoms with E-state index in [-0.39, 0.29) is 9.92 Å². The van der Waals surface area contributed by atoms with Crippen LogP contribution in [-0.2, 0) is 10.0 Å². The van der Waals surface area contributed by atoms with Crippen LogP contribution in [0, 0.1) is 15.9 Å². The van der Waals surface area contributed by atoms with Crippen molar-refractivity contribution in [3.63, 3.8) is 0 Å². The lowest BCUT2D eigenvalue weighted by Gasteiger charge is -2.14. The highest BCUT2D eigenvalue weighted by atomic mass is 35.5. The third-order valence-corrected chi connectivity index (χ3v) is 4.98. The summed E-state index contributed by atoms with van der Waals surface area (Å²) in [5, 5.41) is 10.7. The van der Waals surface area contributed by atoms with Crippen molar-refractivity contribution in [1.82, 2.24) is 4.72 Å². The van der Waals surface area contributed by atoms with E-state index in [0.717, 1.165) is 12.1 Å². The minimum atomic E-state index is -4.00. The first-order valence-corrected chi connectivity index (χ1v) is 8.28. The summed E-state index contributed by atoms with van der Waals surface area (Å²) in [6, 6.07) is 7.91. The fourth-order valence-corrected chi connectivity index (χ4v) is 3.36. The molecule has 0 radical (unpaired) electrons. The van der Waals surface area contributed by atoms with Gasteiger partial charge in [0.2, 0.25) is 10.0 Å². The Morgan fingerprint density at radius 2 is 1.83 bits per heavy atom. The van der Waals surface area contributed by atoms with Crippen molar-refractivity contribution < 1.29 is 17.7 Å². The zero-order valence-corrected chi connectivity index (χ0v) is 13.4. The molecule has 2 aromatic rings. The number of hydrogen-bond donors (Lipinski definition) is 1. The lowest BCUT2D eigenvalue weighted by molar-refractivity contribution is -0.384. The number of nitro benzene ring substituents is 1. The molecule has 0 saturated heterocycles. The lowest BCUT2D eigenvalue weighted by Crippen LogP contribution is -2.27. The predicted octanol–water partition coefficient (Wildman–Crippen LogP) is 3.43. The average Bonchev–Trinajstić information content (AvgIpc) is 2.47. The normalized spacial score (nSPS) is 12.8. The minimum Gasteiger partial charge on any atom is -0.258 e. The Morgan fingerprint density at radius 3 is 2.39 bits per heavy atom. The molecule has 0 amide bonds. The minimum absolute atomic E-state index is 0.152. The van der Waals surface area contributed by atoms with Crippen molar-refractivity contribution in [1.29, 1.82) is 0 Å². The first kappa shape index (κ1) is 17.3. The topological polar surface area (TPSA) is 89.3 Å². The number of benzene rings is 2. The van der Waals surface area contributed by atoms with Crippen LogP contribution in [0.15, 0.2) is 47.4 Å². The molecule has 0 unspecified atom stereocenters. The number of nitrogens with one attached hydrogen (secondary N) is 1. The van der Waals surface area contributed by atoms with E-state index < -0.39 is 32.5 Å². The largest absolute Gasteiger partial charge is 0.289 e. The van der Waals surface area contributed by atoms with Crippen LogP contribution < -0.4 is 4.72 Å². The standard InChI is InChI=1S/C14H12ClFN2O4S/c1-9(10-2-4-11(16)5-3-10)17-23(21,22)12-6-7-13(15)14(8-12)18(19)20/h2-9,17H,1H3/t9-/m1/s1. The Balaban J connectivity index is 2.30. The van der Waals surface area contributed by atoms with Gasteiger partial charge in [0.15, 0.2) is 0 Å². The Morgan fingerprint density at radius 1 is 1.22 bits per heavy atom. The number of sulfonamides is 1. The van der Waals surface area contributed by atoms with E-state index in [2.05, 4.69) is 4.72 Å². The highest BCUT2D eigenvalue weighted by Crippen LogP contribution is 2.27. The highest BCUT2D eigenvalue weighted by Gasteiger charge is 2.22. The summed E-state index contributed by atoms with van der Waals surface area (Å²) in [6.45, 7) is 1.58. The molecule has 0 heterocycles. The van der Waals surface area contributed by atoms with Crippen LogP contribution in [0.5, 0.6) is 0 Å². The fraction of sp³-hybridized carbons (Fsp3) is 0.143. The van der Waals surface area contributed by atoms with Crippen molar-refractivity contribution in [2.45, 2.75) is 17.9 Å². The second-order valence-corrected chi connectivity index (χ2v) is 6.89. The first-order valence-electron chi connectivity index (χ1n) is 6.42. The smallest absolute Gasteiger partial charge is 0.258 e. The molecular formula is C14H12ClFN2O4S. The number of nitrogens with zero attached hydrogens (tertiary/aromatic N) is 1. The molecular weight excluding hydrogens is 347 g/mol. The van der Waals surface area contributed by atoms with E-state index in [4.69, 9.17) is 11.6 Å². The fourth-order valence-electron chi connectivity index (χ4n) is 1.92. The lowest BCUT2D eigenvalue weighted by atomic mass is 10.1. The molecule has 2 rings (SSSR count). The van der Waals surface area contributed by atoms with E-state index in [1.165, 1.54) is 30.3 Å². The van der Waals surface area contributed by atoms with Gasteiger partial charge in [0.25, 0.3) is 5.69 Å². The Kier molecular flexibility index (Phi) is 4.98. The van der Waals surface area contributed by atoms with Gasteiger partial charge in [-0.2, -0.15) is 0 Å². The second kappa shape index (κ2) is 6.61. The molecule has 0 saturated carbocycles. The summed E-state index contributed by atoms with van der Waals surface area (Å²) in [5.74, 6) is -0.433. The summed E-state index contributed by atoms with van der Waals surface area (Å²) in [5.41, 5.74) is 0.0578. The zero-order valence-electron chi connectivity index (χ0n) is 11.9. The van der Waals surface area contributed by atoms with Crippen molar-refractivity contribution >= 4 is 27.3 Å². The molecule has 0 aliphatic heterocycles. The molecule has 23 heavy (non-hydrogen) atoms. The van der Waals surface area contributed by atoms with Crippen LogP contribution in [0.3, 0.4) is 0 Å². The number of rotatable bonds is 5. The third kappa shape index (κ3) is 4.04. The van der Waals surface area contributed by atoms with Crippen molar-refractivity contribution in [3.05, 3.63) is 69.0 Å². The molecule has 9 heteroatoms. The number of hydrogen-bond acceptors (Lipinski definition) is 4. The van der Waals surface area contributed by atoms with Gasteiger partial charge >= 0.3 is 0 Å². The van der Waals surface area contributed by atoms with Crippen LogP contribution >= 0.6 is 11.6 Å². The van der Waals surface area contributed by atoms with Crippen molar-refractivity contribution in [3.8, 4) is 0 Å². The maximum Gasteiger partial charge on any atom is 0.289 e. The Hall–Kier alpha value is -2.03. The van der Waals surface area contributed by atoms with E-state index in [9.17, 15) is 22.9 Å². The van der Waals surface area contributed by atoms with E-state index in [0.29, 0.717) is 5.56 Å². The molecule has 1 N–H and O–H groups in total. The molecule has 6 nitrogen and oxygen atoms in total. The van der Waals surface area contributed by atoms with Crippen LogP contribution in [0.2, 0.25) is 5.02 Å². The van der Waals surface area contributed by atoms with Crippen LogP contribution in [0.25, 0.3) is 0 Å². The summed E-state index contributed by atoms with van der Waals surface area (Å²) >= 11 is 5.67. The Labute approximate surface area is 137 Å². The average molecular weight is 359 g/mol. The second-order valence-electron chi connectivity index (χ2n) is 4.76.